The molecule has 4 aliphatic carbocycles. The lowest BCUT2D eigenvalue weighted by molar-refractivity contribution is -0.142. The highest BCUT2D eigenvalue weighted by atomic mass is 35.5. The Labute approximate surface area is 166 Å². The molecule has 1 N–H and O–H groups in total. The minimum atomic E-state index is -0.344. The number of carbonyl (C=O) groups excluding carboxylic acids is 1. The van der Waals surface area contributed by atoms with Crippen LogP contribution in [0.5, 0.6) is 0 Å². The van der Waals surface area contributed by atoms with Crippen LogP contribution >= 0.6 is 11.6 Å². The van der Waals surface area contributed by atoms with E-state index in [0.29, 0.717) is 31.0 Å². The van der Waals surface area contributed by atoms with E-state index in [2.05, 4.69) is 22.3 Å². The van der Waals surface area contributed by atoms with Gasteiger partial charge in [0.15, 0.2) is 0 Å². The van der Waals surface area contributed by atoms with Crippen molar-refractivity contribution in [3.63, 3.8) is 0 Å². The Morgan fingerprint density at radius 1 is 1.07 bits per heavy atom. The Balaban J connectivity index is 1.18. The first-order valence-corrected chi connectivity index (χ1v) is 10.9. The van der Waals surface area contributed by atoms with Gasteiger partial charge in [-0.1, -0.05) is 23.7 Å². The number of nitrogens with zero attached hydrogens (tertiary/aromatic N) is 1. The van der Waals surface area contributed by atoms with Crippen molar-refractivity contribution in [3.05, 3.63) is 34.9 Å². The molecule has 5 aliphatic rings. The Morgan fingerprint density at radius 2 is 1.74 bits per heavy atom. The molecule has 0 spiro atoms. The van der Waals surface area contributed by atoms with Crippen LogP contribution in [0.3, 0.4) is 0 Å². The fourth-order valence-electron chi connectivity index (χ4n) is 6.27. The number of halogens is 1. The second kappa shape index (κ2) is 7.38. The van der Waals surface area contributed by atoms with Crippen molar-refractivity contribution in [2.75, 3.05) is 19.7 Å². The van der Waals surface area contributed by atoms with Crippen molar-refractivity contribution in [2.24, 2.45) is 23.7 Å². The molecule has 0 radical (unpaired) electrons. The van der Waals surface area contributed by atoms with E-state index in [4.69, 9.17) is 16.3 Å². The van der Waals surface area contributed by atoms with Gasteiger partial charge in [-0.05, 0) is 73.5 Å². The number of morpholine rings is 1. The van der Waals surface area contributed by atoms with Gasteiger partial charge >= 0.3 is 0 Å². The smallest absolute Gasteiger partial charge is 0.250 e. The van der Waals surface area contributed by atoms with Crippen LogP contribution in [0.1, 0.15) is 37.7 Å². The summed E-state index contributed by atoms with van der Waals surface area (Å²) < 4.78 is 5.85. The summed E-state index contributed by atoms with van der Waals surface area (Å²) in [5, 5.41) is 4.17. The monoisotopic (exact) mass is 388 g/mol. The zero-order valence-electron chi connectivity index (χ0n) is 15.8. The molecule has 27 heavy (non-hydrogen) atoms. The van der Waals surface area contributed by atoms with E-state index in [0.717, 1.165) is 29.9 Å². The van der Waals surface area contributed by atoms with Gasteiger partial charge in [-0.15, -0.1) is 0 Å². The van der Waals surface area contributed by atoms with Crippen LogP contribution in [-0.2, 0) is 16.1 Å². The maximum atomic E-state index is 13.0. The third-order valence-electron chi connectivity index (χ3n) is 7.30. The second-order valence-electron chi connectivity index (χ2n) is 9.19. The van der Waals surface area contributed by atoms with Crippen molar-refractivity contribution in [1.29, 1.82) is 0 Å². The van der Waals surface area contributed by atoms with Crippen LogP contribution in [0.4, 0.5) is 0 Å². The maximum absolute atomic E-state index is 13.0. The number of hydrogen-bond acceptors (Lipinski definition) is 3. The Bertz CT molecular complexity index is 664. The van der Waals surface area contributed by atoms with Gasteiger partial charge < -0.3 is 10.1 Å². The summed E-state index contributed by atoms with van der Waals surface area (Å²) in [6, 6.07) is 8.35. The molecule has 1 unspecified atom stereocenters. The summed E-state index contributed by atoms with van der Waals surface area (Å²) in [7, 11) is 0. The molecule has 1 amide bonds. The molecule has 4 saturated carbocycles. The summed E-state index contributed by atoms with van der Waals surface area (Å²) in [4.78, 5) is 15.3. The third-order valence-corrected chi connectivity index (χ3v) is 7.55. The quantitative estimate of drug-likeness (QED) is 0.858. The van der Waals surface area contributed by atoms with E-state index < -0.39 is 0 Å². The summed E-state index contributed by atoms with van der Waals surface area (Å²) in [6.45, 7) is 2.99. The molecule has 1 aromatic rings. The summed E-state index contributed by atoms with van der Waals surface area (Å²) in [6.07, 6.45) is 6.40. The minimum absolute atomic E-state index is 0.105. The normalized spacial score (nSPS) is 38.1. The van der Waals surface area contributed by atoms with Crippen molar-refractivity contribution in [2.45, 2.75) is 50.8 Å². The molecule has 146 valence electrons. The van der Waals surface area contributed by atoms with Gasteiger partial charge in [-0.2, -0.15) is 0 Å². The summed E-state index contributed by atoms with van der Waals surface area (Å²) in [5.74, 6) is 3.38. The van der Waals surface area contributed by atoms with Crippen LogP contribution in [0.15, 0.2) is 24.3 Å². The molecule has 1 aliphatic heterocycles. The molecule has 1 saturated heterocycles. The topological polar surface area (TPSA) is 41.6 Å². The average Bonchev–Trinajstić information content (AvgIpc) is 2.66. The lowest BCUT2D eigenvalue weighted by Crippen LogP contribution is -2.59. The zero-order valence-corrected chi connectivity index (χ0v) is 16.5. The van der Waals surface area contributed by atoms with Crippen LogP contribution in [0.25, 0.3) is 0 Å². The molecule has 5 fully saturated rings. The number of ether oxygens (including phenoxy) is 1. The summed E-state index contributed by atoms with van der Waals surface area (Å²) >= 11 is 5.98. The van der Waals surface area contributed by atoms with E-state index >= 15 is 0 Å². The van der Waals surface area contributed by atoms with Crippen LogP contribution in [0, 0.1) is 23.7 Å². The molecule has 4 nitrogen and oxygen atoms in total. The third kappa shape index (κ3) is 3.76. The van der Waals surface area contributed by atoms with Gasteiger partial charge in [-0.25, -0.2) is 0 Å². The van der Waals surface area contributed by atoms with Crippen molar-refractivity contribution >= 4 is 17.5 Å². The summed E-state index contributed by atoms with van der Waals surface area (Å²) in [5.41, 5.74) is 1.22. The zero-order chi connectivity index (χ0) is 18.4. The van der Waals surface area contributed by atoms with Gasteiger partial charge in [0, 0.05) is 30.7 Å². The van der Waals surface area contributed by atoms with Crippen LogP contribution < -0.4 is 5.32 Å². The second-order valence-corrected chi connectivity index (χ2v) is 9.62. The molecular formula is C22H29ClN2O2. The largest absolute Gasteiger partial charge is 0.366 e. The first-order chi connectivity index (χ1) is 13.1. The lowest BCUT2D eigenvalue weighted by atomic mass is 9.54. The average molecular weight is 389 g/mol. The van der Waals surface area contributed by atoms with Gasteiger partial charge in [0.05, 0.1) is 6.61 Å². The van der Waals surface area contributed by atoms with Gasteiger partial charge in [-0.3, -0.25) is 9.69 Å². The van der Waals surface area contributed by atoms with E-state index in [-0.39, 0.29) is 12.0 Å². The fraction of sp³-hybridized carbons (Fsp3) is 0.682. The molecule has 5 heteroatoms. The van der Waals surface area contributed by atoms with E-state index in [1.807, 2.05) is 12.1 Å². The van der Waals surface area contributed by atoms with E-state index in [9.17, 15) is 4.79 Å². The highest BCUT2D eigenvalue weighted by molar-refractivity contribution is 6.30. The van der Waals surface area contributed by atoms with Gasteiger partial charge in [0.2, 0.25) is 0 Å². The van der Waals surface area contributed by atoms with Crippen molar-refractivity contribution < 1.29 is 9.53 Å². The highest BCUT2D eigenvalue weighted by Gasteiger charge is 2.49. The number of hydrogen-bond donors (Lipinski definition) is 1. The first kappa shape index (κ1) is 18.0. The van der Waals surface area contributed by atoms with Crippen molar-refractivity contribution in [1.82, 2.24) is 10.2 Å². The number of amides is 1. The molecule has 1 heterocycles. The molecular weight excluding hydrogens is 360 g/mol. The predicted octanol–water partition coefficient (Wildman–Crippen LogP) is 3.48. The van der Waals surface area contributed by atoms with Gasteiger partial charge in [0.25, 0.3) is 5.91 Å². The van der Waals surface area contributed by atoms with Gasteiger partial charge in [0.1, 0.15) is 6.10 Å². The van der Waals surface area contributed by atoms with Crippen LogP contribution in [0.2, 0.25) is 5.02 Å². The number of rotatable bonds is 4. The standard InChI is InChI=1S/C22H29ClN2O2/c23-19-3-1-14(2-4-19)12-25-5-6-27-20(13-25)22(26)24-21-17-8-15-7-16(10-17)11-18(21)9-15/h1-4,15-18,20-21H,5-13H2,(H,24,26). The SMILES string of the molecule is O=C(NC1C2CC3CC(C2)CC1C3)C1CN(Cc2ccc(Cl)cc2)CCO1. The van der Waals surface area contributed by atoms with Crippen LogP contribution in [-0.4, -0.2) is 42.6 Å². The Kier molecular flexibility index (Phi) is 4.91. The molecule has 4 bridgehead atoms. The number of benzene rings is 1. The highest BCUT2D eigenvalue weighted by Crippen LogP contribution is 2.53. The first-order valence-electron chi connectivity index (χ1n) is 10.5. The number of carbonyl (C=O) groups is 1. The van der Waals surface area contributed by atoms with Crippen molar-refractivity contribution in [3.8, 4) is 0 Å². The molecule has 0 aromatic heterocycles. The van der Waals surface area contributed by atoms with E-state index in [1.54, 1.807) is 0 Å². The Morgan fingerprint density at radius 3 is 2.41 bits per heavy atom. The van der Waals surface area contributed by atoms with E-state index in [1.165, 1.54) is 37.7 Å². The fourth-order valence-corrected chi connectivity index (χ4v) is 6.40. The predicted molar refractivity (Wildman–Crippen MR) is 105 cm³/mol. The minimum Gasteiger partial charge on any atom is -0.366 e. The number of nitrogens with one attached hydrogen (secondary N) is 1. The maximum Gasteiger partial charge on any atom is 0.250 e. The Hall–Kier alpha value is -1.10. The molecule has 1 aromatic carbocycles. The molecule has 1 atom stereocenters. The lowest BCUT2D eigenvalue weighted by Gasteiger charge is -2.54. The molecule has 6 rings (SSSR count).